The molecule has 1 fully saturated rings. The molecule has 0 spiro atoms. The van der Waals surface area contributed by atoms with E-state index in [1.165, 1.54) is 32.4 Å². The highest BCUT2D eigenvalue weighted by atomic mass is 35.5. The predicted molar refractivity (Wildman–Crippen MR) is 83.1 cm³/mol. The molecule has 0 radical (unpaired) electrons. The van der Waals surface area contributed by atoms with E-state index in [0.29, 0.717) is 22.8 Å². The molecule has 4 nitrogen and oxygen atoms in total. The number of nitrogen functional groups attached to an aromatic ring is 1. The first-order valence-electron chi connectivity index (χ1n) is 7.22. The Bertz CT molecular complexity index is 458. The van der Waals surface area contributed by atoms with E-state index in [4.69, 9.17) is 17.3 Å². The van der Waals surface area contributed by atoms with Crippen LogP contribution in [-0.4, -0.2) is 37.0 Å². The zero-order valence-electron chi connectivity index (χ0n) is 11.7. The van der Waals surface area contributed by atoms with Crippen molar-refractivity contribution < 1.29 is 4.79 Å². The van der Waals surface area contributed by atoms with E-state index < -0.39 is 0 Å². The highest BCUT2D eigenvalue weighted by Crippen LogP contribution is 2.19. The van der Waals surface area contributed by atoms with Gasteiger partial charge < -0.3 is 16.0 Å². The largest absolute Gasteiger partial charge is 0.398 e. The Morgan fingerprint density at radius 3 is 2.75 bits per heavy atom. The number of piperidine rings is 1. The van der Waals surface area contributed by atoms with Gasteiger partial charge in [-0.05, 0) is 57.1 Å². The van der Waals surface area contributed by atoms with Crippen LogP contribution in [0.5, 0.6) is 0 Å². The smallest absolute Gasteiger partial charge is 0.251 e. The Morgan fingerprint density at radius 1 is 1.30 bits per heavy atom. The molecule has 1 aromatic rings. The van der Waals surface area contributed by atoms with E-state index >= 15 is 0 Å². The first kappa shape index (κ1) is 15.1. The summed E-state index contributed by atoms with van der Waals surface area (Å²) in [6.07, 6.45) is 4.94. The number of nitrogens with one attached hydrogen (secondary N) is 1. The number of carbonyl (C=O) groups excluding carboxylic acids is 1. The Morgan fingerprint density at radius 2 is 2.05 bits per heavy atom. The fraction of sp³-hybridized carbons (Fsp3) is 0.533. The Kier molecular flexibility index (Phi) is 5.68. The lowest BCUT2D eigenvalue weighted by atomic mass is 10.1. The van der Waals surface area contributed by atoms with Crippen LogP contribution in [0.2, 0.25) is 5.02 Å². The van der Waals surface area contributed by atoms with Gasteiger partial charge in [0.05, 0.1) is 10.7 Å². The molecule has 1 heterocycles. The van der Waals surface area contributed by atoms with Crippen molar-refractivity contribution in [3.05, 3.63) is 28.8 Å². The summed E-state index contributed by atoms with van der Waals surface area (Å²) in [6, 6.07) is 4.96. The van der Waals surface area contributed by atoms with E-state index in [1.54, 1.807) is 18.2 Å². The average molecular weight is 296 g/mol. The van der Waals surface area contributed by atoms with Crippen molar-refractivity contribution in [3.8, 4) is 0 Å². The van der Waals surface area contributed by atoms with E-state index in [2.05, 4.69) is 10.2 Å². The van der Waals surface area contributed by atoms with Crippen molar-refractivity contribution >= 4 is 23.2 Å². The van der Waals surface area contributed by atoms with Gasteiger partial charge in [-0.1, -0.05) is 18.0 Å². The number of hydrogen-bond acceptors (Lipinski definition) is 3. The Balaban J connectivity index is 1.70. The number of benzene rings is 1. The minimum Gasteiger partial charge on any atom is -0.398 e. The van der Waals surface area contributed by atoms with Crippen LogP contribution in [-0.2, 0) is 0 Å². The van der Waals surface area contributed by atoms with Crippen LogP contribution in [0.1, 0.15) is 36.0 Å². The molecular weight excluding hydrogens is 274 g/mol. The van der Waals surface area contributed by atoms with Gasteiger partial charge in [0.2, 0.25) is 0 Å². The van der Waals surface area contributed by atoms with E-state index in [-0.39, 0.29) is 5.91 Å². The molecule has 3 N–H and O–H groups in total. The van der Waals surface area contributed by atoms with Crippen molar-refractivity contribution in [2.45, 2.75) is 25.7 Å². The normalized spacial score (nSPS) is 16.1. The highest BCUT2D eigenvalue weighted by molar-refractivity contribution is 6.33. The summed E-state index contributed by atoms with van der Waals surface area (Å²) in [6.45, 7) is 4.14. The third-order valence-electron chi connectivity index (χ3n) is 3.65. The van der Waals surface area contributed by atoms with E-state index in [0.717, 1.165) is 13.0 Å². The molecule has 1 aliphatic heterocycles. The topological polar surface area (TPSA) is 58.4 Å². The van der Waals surface area contributed by atoms with Gasteiger partial charge in [0, 0.05) is 12.1 Å². The maximum Gasteiger partial charge on any atom is 0.251 e. The molecule has 0 bridgehead atoms. The summed E-state index contributed by atoms with van der Waals surface area (Å²) in [5.41, 5.74) is 6.68. The van der Waals surface area contributed by atoms with Gasteiger partial charge in [-0.25, -0.2) is 0 Å². The minimum atomic E-state index is -0.0921. The molecular formula is C15H22ClN3O. The quantitative estimate of drug-likeness (QED) is 0.648. The molecule has 5 heteroatoms. The molecule has 0 aliphatic carbocycles. The van der Waals surface area contributed by atoms with Crippen molar-refractivity contribution in [2.75, 3.05) is 31.9 Å². The number of nitrogens with two attached hydrogens (primary N) is 1. The first-order chi connectivity index (χ1) is 9.66. The van der Waals surface area contributed by atoms with Gasteiger partial charge in [-0.2, -0.15) is 0 Å². The summed E-state index contributed by atoms with van der Waals surface area (Å²) < 4.78 is 0. The molecule has 110 valence electrons. The van der Waals surface area contributed by atoms with Crippen molar-refractivity contribution in [1.82, 2.24) is 10.2 Å². The molecule has 0 unspecified atom stereocenters. The second-order valence-electron chi connectivity index (χ2n) is 5.25. The van der Waals surface area contributed by atoms with E-state index in [9.17, 15) is 4.79 Å². The molecule has 2 rings (SSSR count). The van der Waals surface area contributed by atoms with Crippen LogP contribution in [0.3, 0.4) is 0 Å². The summed E-state index contributed by atoms with van der Waals surface area (Å²) in [5.74, 6) is -0.0921. The lowest BCUT2D eigenvalue weighted by molar-refractivity contribution is 0.0951. The lowest BCUT2D eigenvalue weighted by Gasteiger charge is -2.26. The van der Waals surface area contributed by atoms with Crippen LogP contribution < -0.4 is 11.1 Å². The van der Waals surface area contributed by atoms with E-state index in [1.807, 2.05) is 0 Å². The number of nitrogens with zero attached hydrogens (tertiary/aromatic N) is 1. The van der Waals surface area contributed by atoms with Crippen LogP contribution >= 0.6 is 11.6 Å². The molecule has 0 saturated carbocycles. The van der Waals surface area contributed by atoms with Crippen molar-refractivity contribution in [3.63, 3.8) is 0 Å². The summed E-state index contributed by atoms with van der Waals surface area (Å²) in [4.78, 5) is 14.4. The van der Waals surface area contributed by atoms with Gasteiger partial charge in [-0.3, -0.25) is 4.79 Å². The SMILES string of the molecule is Nc1ccc(C(=O)NCCCN2CCCCC2)cc1Cl. The maximum atomic E-state index is 11.9. The minimum absolute atomic E-state index is 0.0921. The van der Waals surface area contributed by atoms with Crippen molar-refractivity contribution in [1.29, 1.82) is 0 Å². The number of amides is 1. The van der Waals surface area contributed by atoms with Crippen LogP contribution in [0.25, 0.3) is 0 Å². The second-order valence-corrected chi connectivity index (χ2v) is 5.66. The van der Waals surface area contributed by atoms with Crippen LogP contribution in [0, 0.1) is 0 Å². The Labute approximate surface area is 125 Å². The molecule has 1 amide bonds. The number of halogens is 1. The van der Waals surface area contributed by atoms with Crippen LogP contribution in [0.4, 0.5) is 5.69 Å². The third kappa shape index (κ3) is 4.39. The first-order valence-corrected chi connectivity index (χ1v) is 7.60. The number of carbonyl (C=O) groups is 1. The summed E-state index contributed by atoms with van der Waals surface area (Å²) in [7, 11) is 0. The summed E-state index contributed by atoms with van der Waals surface area (Å²) >= 11 is 5.91. The third-order valence-corrected chi connectivity index (χ3v) is 3.98. The van der Waals surface area contributed by atoms with Crippen LogP contribution in [0.15, 0.2) is 18.2 Å². The van der Waals surface area contributed by atoms with Gasteiger partial charge >= 0.3 is 0 Å². The number of hydrogen-bond donors (Lipinski definition) is 2. The molecule has 1 saturated heterocycles. The average Bonchev–Trinajstić information content (AvgIpc) is 2.47. The number of anilines is 1. The fourth-order valence-electron chi connectivity index (χ4n) is 2.46. The zero-order valence-corrected chi connectivity index (χ0v) is 12.5. The molecule has 0 atom stereocenters. The molecule has 20 heavy (non-hydrogen) atoms. The van der Waals surface area contributed by atoms with Gasteiger partial charge in [-0.15, -0.1) is 0 Å². The molecule has 0 aromatic heterocycles. The number of likely N-dealkylation sites (tertiary alicyclic amines) is 1. The number of rotatable bonds is 5. The maximum absolute atomic E-state index is 11.9. The second kappa shape index (κ2) is 7.50. The lowest BCUT2D eigenvalue weighted by Crippen LogP contribution is -2.33. The fourth-order valence-corrected chi connectivity index (χ4v) is 2.64. The standard InChI is InChI=1S/C15H22ClN3O/c16-13-11-12(5-6-14(13)17)15(20)18-7-4-10-19-8-2-1-3-9-19/h5-6,11H,1-4,7-10,17H2,(H,18,20). The zero-order chi connectivity index (χ0) is 14.4. The Hall–Kier alpha value is -1.26. The molecule has 1 aliphatic rings. The van der Waals surface area contributed by atoms with Gasteiger partial charge in [0.1, 0.15) is 0 Å². The van der Waals surface area contributed by atoms with Crippen molar-refractivity contribution in [2.24, 2.45) is 0 Å². The van der Waals surface area contributed by atoms with Gasteiger partial charge in [0.25, 0.3) is 5.91 Å². The van der Waals surface area contributed by atoms with Gasteiger partial charge in [0.15, 0.2) is 0 Å². The highest BCUT2D eigenvalue weighted by Gasteiger charge is 2.10. The monoisotopic (exact) mass is 295 g/mol. The molecule has 1 aromatic carbocycles. The predicted octanol–water partition coefficient (Wildman–Crippen LogP) is 2.53. The summed E-state index contributed by atoms with van der Waals surface area (Å²) in [5, 5.41) is 3.34.